The first-order valence-corrected chi connectivity index (χ1v) is 8.70. The molecule has 10 heteroatoms. The Morgan fingerprint density at radius 2 is 1.89 bits per heavy atom. The Hall–Kier alpha value is -1.52. The van der Waals surface area contributed by atoms with Crippen molar-refractivity contribution in [3.05, 3.63) is 17.8 Å². The van der Waals surface area contributed by atoms with Gasteiger partial charge in [-0.3, -0.25) is 0 Å². The third-order valence-electron chi connectivity index (χ3n) is 2.46. The smallest absolute Gasteiger partial charge is 0.231 e. The molecule has 0 aliphatic heterocycles. The molecule has 0 saturated carbocycles. The van der Waals surface area contributed by atoms with Crippen LogP contribution in [0.4, 0.5) is 0 Å². The molecule has 2 N–H and O–H groups in total. The van der Waals surface area contributed by atoms with Crippen LogP contribution in [0.15, 0.2) is 22.2 Å². The van der Waals surface area contributed by atoms with Gasteiger partial charge in [-0.05, 0) is 18.6 Å². The van der Waals surface area contributed by atoms with Crippen molar-refractivity contribution >= 4 is 25.5 Å². The summed E-state index contributed by atoms with van der Waals surface area (Å²) in [4.78, 5) is 4.07. The summed E-state index contributed by atoms with van der Waals surface area (Å²) in [5, 5.41) is 8.39. The van der Waals surface area contributed by atoms with Crippen molar-refractivity contribution in [2.24, 2.45) is 5.14 Å². The van der Waals surface area contributed by atoms with E-state index < -0.39 is 19.9 Å². The highest BCUT2D eigenvalue weighted by molar-refractivity contribution is 7.90. The van der Waals surface area contributed by atoms with Crippen LogP contribution in [-0.2, 0) is 26.3 Å². The first kappa shape index (κ1) is 13.9. The van der Waals surface area contributed by atoms with Gasteiger partial charge in [0.05, 0.1) is 5.69 Å². The summed E-state index contributed by atoms with van der Waals surface area (Å²) in [6.07, 6.45) is 1.32. The van der Waals surface area contributed by atoms with Gasteiger partial charge in [-0.2, -0.15) is 9.61 Å². The molecule has 0 aromatic carbocycles. The van der Waals surface area contributed by atoms with E-state index in [1.165, 1.54) is 12.1 Å². The van der Waals surface area contributed by atoms with E-state index in [4.69, 9.17) is 5.14 Å². The first-order valence-electron chi connectivity index (χ1n) is 5.26. The maximum absolute atomic E-state index is 11.6. The van der Waals surface area contributed by atoms with Crippen LogP contribution in [-0.4, -0.2) is 37.7 Å². The molecule has 0 saturated heterocycles. The van der Waals surface area contributed by atoms with Gasteiger partial charge in [-0.25, -0.2) is 27.0 Å². The molecule has 0 radical (unpaired) electrons. The Balaban J connectivity index is 2.92. The molecule has 0 aliphatic rings. The van der Waals surface area contributed by atoms with Crippen LogP contribution < -0.4 is 5.14 Å². The van der Waals surface area contributed by atoms with Crippen LogP contribution in [0.5, 0.6) is 0 Å². The van der Waals surface area contributed by atoms with Gasteiger partial charge in [0.25, 0.3) is 10.0 Å². The zero-order valence-electron chi connectivity index (χ0n) is 10.2. The molecular weight excluding hydrogens is 292 g/mol. The monoisotopic (exact) mass is 304 g/mol. The van der Waals surface area contributed by atoms with Crippen molar-refractivity contribution < 1.29 is 16.8 Å². The standard InChI is InChI=1S/C9H12N4O4S2/c1-3-6-9(19(10,16)17)13-7(11-6)4-5-8(12-13)18(2,14)15/h4-5H,3H2,1-2H3,(H2,10,16,17). The van der Waals surface area contributed by atoms with E-state index in [-0.39, 0.29) is 21.4 Å². The van der Waals surface area contributed by atoms with Crippen LogP contribution in [0.2, 0.25) is 0 Å². The molecule has 2 rings (SSSR count). The van der Waals surface area contributed by atoms with Crippen LogP contribution in [0.25, 0.3) is 5.65 Å². The molecule has 8 nitrogen and oxygen atoms in total. The number of primary sulfonamides is 1. The Morgan fingerprint density at radius 3 is 2.37 bits per heavy atom. The molecule has 2 aromatic heterocycles. The topological polar surface area (TPSA) is 124 Å². The Labute approximate surface area is 110 Å². The quantitative estimate of drug-likeness (QED) is 0.802. The lowest BCUT2D eigenvalue weighted by atomic mass is 10.4. The number of nitrogens with zero attached hydrogens (tertiary/aromatic N) is 3. The Morgan fingerprint density at radius 1 is 1.26 bits per heavy atom. The maximum Gasteiger partial charge on any atom is 0.257 e. The fourth-order valence-electron chi connectivity index (χ4n) is 1.65. The minimum Gasteiger partial charge on any atom is -0.231 e. The highest BCUT2D eigenvalue weighted by atomic mass is 32.2. The molecule has 2 heterocycles. The molecule has 0 bridgehead atoms. The number of aryl methyl sites for hydroxylation is 1. The molecule has 104 valence electrons. The van der Waals surface area contributed by atoms with E-state index >= 15 is 0 Å². The van der Waals surface area contributed by atoms with Gasteiger partial charge >= 0.3 is 0 Å². The van der Waals surface area contributed by atoms with Gasteiger partial charge in [0.15, 0.2) is 25.5 Å². The molecule has 2 aromatic rings. The van der Waals surface area contributed by atoms with Gasteiger partial charge in [-0.15, -0.1) is 0 Å². The number of nitrogens with two attached hydrogens (primary N) is 1. The van der Waals surface area contributed by atoms with Crippen molar-refractivity contribution in [2.75, 3.05) is 6.26 Å². The third-order valence-corrected chi connectivity index (χ3v) is 4.39. The lowest BCUT2D eigenvalue weighted by molar-refractivity contribution is 0.579. The summed E-state index contributed by atoms with van der Waals surface area (Å²) >= 11 is 0. The summed E-state index contributed by atoms with van der Waals surface area (Å²) < 4.78 is 47.0. The van der Waals surface area contributed by atoms with Gasteiger partial charge in [-0.1, -0.05) is 6.92 Å². The zero-order chi connectivity index (χ0) is 14.4. The van der Waals surface area contributed by atoms with Gasteiger partial charge in [0.2, 0.25) is 0 Å². The lowest BCUT2D eigenvalue weighted by Gasteiger charge is -2.02. The molecule has 0 aliphatic carbocycles. The van der Waals surface area contributed by atoms with Crippen LogP contribution >= 0.6 is 0 Å². The number of sulfonamides is 1. The van der Waals surface area contributed by atoms with Gasteiger partial charge in [0.1, 0.15) is 0 Å². The Kier molecular flexibility index (Phi) is 3.11. The normalized spacial score (nSPS) is 13.0. The third kappa shape index (κ3) is 2.46. The van der Waals surface area contributed by atoms with E-state index in [9.17, 15) is 16.8 Å². The first-order chi connectivity index (χ1) is 8.64. The number of imidazole rings is 1. The fraction of sp³-hybridized carbons (Fsp3) is 0.333. The molecule has 0 amide bonds. The molecular formula is C9H12N4O4S2. The number of hydrogen-bond acceptors (Lipinski definition) is 6. The van der Waals surface area contributed by atoms with Crippen LogP contribution in [0.3, 0.4) is 0 Å². The highest BCUT2D eigenvalue weighted by Gasteiger charge is 2.23. The predicted molar refractivity (Wildman–Crippen MR) is 66.8 cm³/mol. The van der Waals surface area contributed by atoms with Crippen molar-refractivity contribution in [3.63, 3.8) is 0 Å². The molecule has 0 fully saturated rings. The average molecular weight is 304 g/mol. The summed E-state index contributed by atoms with van der Waals surface area (Å²) in [5.74, 6) is 0. The largest absolute Gasteiger partial charge is 0.257 e. The molecule has 0 unspecified atom stereocenters. The highest BCUT2D eigenvalue weighted by Crippen LogP contribution is 2.17. The van der Waals surface area contributed by atoms with E-state index in [0.29, 0.717) is 6.42 Å². The summed E-state index contributed by atoms with van der Waals surface area (Å²) in [6.45, 7) is 1.72. The number of fused-ring (bicyclic) bond motifs is 1. The maximum atomic E-state index is 11.6. The predicted octanol–water partition coefficient (Wildman–Crippen LogP) is -0.657. The Bertz CT molecular complexity index is 852. The number of rotatable bonds is 3. The van der Waals surface area contributed by atoms with E-state index in [1.54, 1.807) is 6.92 Å². The van der Waals surface area contributed by atoms with Gasteiger partial charge in [0, 0.05) is 6.26 Å². The summed E-state index contributed by atoms with van der Waals surface area (Å²) in [6, 6.07) is 2.65. The summed E-state index contributed by atoms with van der Waals surface area (Å²) in [7, 11) is -7.60. The van der Waals surface area contributed by atoms with E-state index in [1.807, 2.05) is 0 Å². The summed E-state index contributed by atoms with van der Waals surface area (Å²) in [5.41, 5.74) is 0.480. The van der Waals surface area contributed by atoms with Crippen molar-refractivity contribution in [2.45, 2.75) is 23.4 Å². The van der Waals surface area contributed by atoms with Crippen LogP contribution in [0.1, 0.15) is 12.6 Å². The number of aromatic nitrogens is 3. The zero-order valence-corrected chi connectivity index (χ0v) is 11.9. The minimum atomic E-state index is -4.05. The van der Waals surface area contributed by atoms with E-state index in [0.717, 1.165) is 10.8 Å². The van der Waals surface area contributed by atoms with Gasteiger partial charge < -0.3 is 0 Å². The lowest BCUT2D eigenvalue weighted by Crippen LogP contribution is -2.18. The van der Waals surface area contributed by atoms with Crippen molar-refractivity contribution in [1.29, 1.82) is 0 Å². The average Bonchev–Trinajstić information content (AvgIpc) is 2.64. The van der Waals surface area contributed by atoms with Crippen molar-refractivity contribution in [1.82, 2.24) is 14.6 Å². The minimum absolute atomic E-state index is 0.230. The molecule has 0 atom stereocenters. The van der Waals surface area contributed by atoms with Crippen molar-refractivity contribution in [3.8, 4) is 0 Å². The molecule has 19 heavy (non-hydrogen) atoms. The SMILES string of the molecule is CCc1nc2ccc(S(C)(=O)=O)nn2c1S(N)(=O)=O. The second kappa shape index (κ2) is 4.25. The second-order valence-corrected chi connectivity index (χ2v) is 7.42. The number of hydrogen-bond donors (Lipinski definition) is 1. The van der Waals surface area contributed by atoms with E-state index in [2.05, 4.69) is 10.1 Å². The number of sulfone groups is 1. The second-order valence-electron chi connectivity index (χ2n) is 3.98. The fourth-order valence-corrected chi connectivity index (χ4v) is 3.09. The van der Waals surface area contributed by atoms with Crippen LogP contribution in [0, 0.1) is 0 Å². The molecule has 0 spiro atoms.